The minimum atomic E-state index is -3.11. The van der Waals surface area contributed by atoms with Gasteiger partial charge >= 0.3 is 0 Å². The highest BCUT2D eigenvalue weighted by Crippen LogP contribution is 2.24. The van der Waals surface area contributed by atoms with Crippen LogP contribution in [0.15, 0.2) is 28.7 Å². The van der Waals surface area contributed by atoms with E-state index in [2.05, 4.69) is 15.9 Å². The van der Waals surface area contributed by atoms with E-state index in [1.165, 1.54) is 10.6 Å². The standard InChI is InChI=1S/C15H22BrNO3S/c1-21(19,20)17-8-2-3-13(11-17)10-15(18)9-12-4-6-14(16)7-5-12/h4-7,13,15,18H,2-3,8-11H2,1H3. The first kappa shape index (κ1) is 16.9. The smallest absolute Gasteiger partial charge is 0.211 e. The Kier molecular flexibility index (Phi) is 5.82. The second-order valence-corrected chi connectivity index (χ2v) is 8.75. The quantitative estimate of drug-likeness (QED) is 0.859. The molecule has 1 aliphatic rings. The Balaban J connectivity index is 1.87. The summed E-state index contributed by atoms with van der Waals surface area (Å²) in [5.74, 6) is 0.249. The monoisotopic (exact) mass is 375 g/mol. The molecule has 21 heavy (non-hydrogen) atoms. The molecule has 0 radical (unpaired) electrons. The molecule has 0 aromatic heterocycles. The van der Waals surface area contributed by atoms with Gasteiger partial charge < -0.3 is 5.11 Å². The first-order valence-electron chi connectivity index (χ1n) is 7.22. The Morgan fingerprint density at radius 1 is 1.38 bits per heavy atom. The minimum Gasteiger partial charge on any atom is -0.393 e. The molecule has 0 bridgehead atoms. The van der Waals surface area contributed by atoms with Crippen molar-refractivity contribution < 1.29 is 13.5 Å². The Bertz CT molecular complexity index is 559. The molecule has 1 fully saturated rings. The van der Waals surface area contributed by atoms with E-state index in [0.717, 1.165) is 22.9 Å². The molecule has 4 nitrogen and oxygen atoms in total. The van der Waals surface area contributed by atoms with Crippen LogP contribution in [0.3, 0.4) is 0 Å². The highest BCUT2D eigenvalue weighted by Gasteiger charge is 2.27. The largest absolute Gasteiger partial charge is 0.393 e. The van der Waals surface area contributed by atoms with Gasteiger partial charge in [-0.1, -0.05) is 28.1 Å². The van der Waals surface area contributed by atoms with Crippen LogP contribution in [0.5, 0.6) is 0 Å². The lowest BCUT2D eigenvalue weighted by Crippen LogP contribution is -2.40. The van der Waals surface area contributed by atoms with E-state index in [1.807, 2.05) is 24.3 Å². The van der Waals surface area contributed by atoms with Crippen molar-refractivity contribution in [3.05, 3.63) is 34.3 Å². The summed E-state index contributed by atoms with van der Waals surface area (Å²) in [5, 5.41) is 10.2. The number of hydrogen-bond acceptors (Lipinski definition) is 3. The predicted molar refractivity (Wildman–Crippen MR) is 87.6 cm³/mol. The molecule has 0 amide bonds. The van der Waals surface area contributed by atoms with Crippen LogP contribution in [-0.2, 0) is 16.4 Å². The number of nitrogens with zero attached hydrogens (tertiary/aromatic N) is 1. The van der Waals surface area contributed by atoms with Gasteiger partial charge in [0.1, 0.15) is 0 Å². The zero-order chi connectivity index (χ0) is 15.5. The topological polar surface area (TPSA) is 57.6 Å². The van der Waals surface area contributed by atoms with Gasteiger partial charge in [-0.2, -0.15) is 0 Å². The summed E-state index contributed by atoms with van der Waals surface area (Å²) < 4.78 is 25.8. The molecule has 1 N–H and O–H groups in total. The first-order valence-corrected chi connectivity index (χ1v) is 9.86. The van der Waals surface area contributed by atoms with Crippen LogP contribution in [0.1, 0.15) is 24.8 Å². The molecule has 1 aromatic rings. The number of aliphatic hydroxyl groups excluding tert-OH is 1. The fraction of sp³-hybridized carbons (Fsp3) is 0.600. The maximum atomic E-state index is 11.6. The predicted octanol–water partition coefficient (Wildman–Crippen LogP) is 2.41. The lowest BCUT2D eigenvalue weighted by atomic mass is 9.91. The average molecular weight is 376 g/mol. The second kappa shape index (κ2) is 7.22. The Labute approximate surface area is 135 Å². The van der Waals surface area contributed by atoms with E-state index in [1.54, 1.807) is 0 Å². The Morgan fingerprint density at radius 2 is 2.05 bits per heavy atom. The molecule has 2 rings (SSSR count). The maximum Gasteiger partial charge on any atom is 0.211 e. The number of halogens is 1. The molecule has 2 unspecified atom stereocenters. The van der Waals surface area contributed by atoms with Crippen LogP contribution in [0.4, 0.5) is 0 Å². The highest BCUT2D eigenvalue weighted by molar-refractivity contribution is 9.10. The summed E-state index contributed by atoms with van der Waals surface area (Å²) in [5.41, 5.74) is 1.10. The Morgan fingerprint density at radius 3 is 2.67 bits per heavy atom. The molecule has 2 atom stereocenters. The summed E-state index contributed by atoms with van der Waals surface area (Å²) >= 11 is 3.39. The fourth-order valence-corrected chi connectivity index (χ4v) is 4.09. The third-order valence-electron chi connectivity index (χ3n) is 3.94. The van der Waals surface area contributed by atoms with E-state index in [0.29, 0.717) is 25.9 Å². The van der Waals surface area contributed by atoms with E-state index in [9.17, 15) is 13.5 Å². The molecule has 1 heterocycles. The molecule has 0 saturated carbocycles. The minimum absolute atomic E-state index is 0.249. The average Bonchev–Trinajstić information content (AvgIpc) is 2.41. The van der Waals surface area contributed by atoms with Crippen molar-refractivity contribution >= 4 is 26.0 Å². The van der Waals surface area contributed by atoms with Crippen LogP contribution in [0, 0.1) is 5.92 Å². The lowest BCUT2D eigenvalue weighted by Gasteiger charge is -2.32. The molecule has 118 valence electrons. The van der Waals surface area contributed by atoms with Gasteiger partial charge in [0, 0.05) is 17.6 Å². The summed E-state index contributed by atoms with van der Waals surface area (Å²) in [6, 6.07) is 7.93. The van der Waals surface area contributed by atoms with Crippen molar-refractivity contribution in [1.29, 1.82) is 0 Å². The van der Waals surface area contributed by atoms with E-state index in [4.69, 9.17) is 0 Å². The third-order valence-corrected chi connectivity index (χ3v) is 5.74. The number of piperidine rings is 1. The molecular formula is C15H22BrNO3S. The summed E-state index contributed by atoms with van der Waals surface area (Å²) in [7, 11) is -3.11. The van der Waals surface area contributed by atoms with Gasteiger partial charge in [-0.15, -0.1) is 0 Å². The van der Waals surface area contributed by atoms with Crippen molar-refractivity contribution in [3.8, 4) is 0 Å². The van der Waals surface area contributed by atoms with Gasteiger partial charge in [0.05, 0.1) is 12.4 Å². The third kappa shape index (κ3) is 5.36. The van der Waals surface area contributed by atoms with Crippen LogP contribution in [0.25, 0.3) is 0 Å². The second-order valence-electron chi connectivity index (χ2n) is 5.85. The molecular weight excluding hydrogens is 354 g/mol. The van der Waals surface area contributed by atoms with Crippen molar-refractivity contribution in [3.63, 3.8) is 0 Å². The number of benzene rings is 1. The number of rotatable bonds is 5. The Hall–Kier alpha value is -0.430. The van der Waals surface area contributed by atoms with Crippen molar-refractivity contribution in [2.24, 2.45) is 5.92 Å². The molecule has 1 saturated heterocycles. The van der Waals surface area contributed by atoms with E-state index < -0.39 is 16.1 Å². The summed E-state index contributed by atoms with van der Waals surface area (Å²) in [6.45, 7) is 1.15. The lowest BCUT2D eigenvalue weighted by molar-refractivity contribution is 0.122. The van der Waals surface area contributed by atoms with Gasteiger partial charge in [0.2, 0.25) is 10.0 Å². The number of hydrogen-bond donors (Lipinski definition) is 1. The first-order chi connectivity index (χ1) is 9.84. The summed E-state index contributed by atoms with van der Waals surface area (Å²) in [4.78, 5) is 0. The van der Waals surface area contributed by atoms with Crippen molar-refractivity contribution in [2.45, 2.75) is 31.8 Å². The van der Waals surface area contributed by atoms with Gasteiger partial charge in [-0.25, -0.2) is 12.7 Å². The molecule has 1 aromatic carbocycles. The molecule has 1 aliphatic heterocycles. The highest BCUT2D eigenvalue weighted by atomic mass is 79.9. The van der Waals surface area contributed by atoms with Crippen LogP contribution in [-0.4, -0.2) is 43.3 Å². The number of sulfonamides is 1. The zero-order valence-corrected chi connectivity index (χ0v) is 14.6. The zero-order valence-electron chi connectivity index (χ0n) is 12.2. The molecule has 0 spiro atoms. The van der Waals surface area contributed by atoms with Crippen LogP contribution in [0.2, 0.25) is 0 Å². The van der Waals surface area contributed by atoms with Crippen LogP contribution >= 0.6 is 15.9 Å². The van der Waals surface area contributed by atoms with Crippen molar-refractivity contribution in [2.75, 3.05) is 19.3 Å². The van der Waals surface area contributed by atoms with Gasteiger partial charge in [0.15, 0.2) is 0 Å². The van der Waals surface area contributed by atoms with Crippen LogP contribution < -0.4 is 0 Å². The summed E-state index contributed by atoms with van der Waals surface area (Å²) in [6.07, 6.45) is 3.97. The van der Waals surface area contributed by atoms with E-state index >= 15 is 0 Å². The SMILES string of the molecule is CS(=O)(=O)N1CCCC(CC(O)Cc2ccc(Br)cc2)C1. The van der Waals surface area contributed by atoms with E-state index in [-0.39, 0.29) is 5.92 Å². The molecule has 0 aliphatic carbocycles. The van der Waals surface area contributed by atoms with Gasteiger partial charge in [0.25, 0.3) is 0 Å². The maximum absolute atomic E-state index is 11.6. The van der Waals surface area contributed by atoms with Crippen molar-refractivity contribution in [1.82, 2.24) is 4.31 Å². The normalized spacial score (nSPS) is 22.1. The molecule has 6 heteroatoms. The van der Waals surface area contributed by atoms with Gasteiger partial charge in [-0.3, -0.25) is 0 Å². The fourth-order valence-electron chi connectivity index (χ4n) is 2.88. The number of aliphatic hydroxyl groups is 1. The van der Waals surface area contributed by atoms with Gasteiger partial charge in [-0.05, 0) is 49.3 Å².